The largest absolute Gasteiger partial charge is 0.338 e. The van der Waals surface area contributed by atoms with Crippen molar-refractivity contribution in [3.05, 3.63) is 50.6 Å². The molecule has 0 atom stereocenters. The Bertz CT molecular complexity index is 1040. The van der Waals surface area contributed by atoms with Gasteiger partial charge in [0.1, 0.15) is 23.0 Å². The van der Waals surface area contributed by atoms with Crippen LogP contribution in [0.1, 0.15) is 28.8 Å². The first-order valence-electron chi connectivity index (χ1n) is 7.88. The number of anilines is 2. The Labute approximate surface area is 147 Å². The van der Waals surface area contributed by atoms with Gasteiger partial charge in [0.15, 0.2) is 0 Å². The van der Waals surface area contributed by atoms with E-state index in [0.717, 1.165) is 29.5 Å². The Kier molecular flexibility index (Phi) is 3.78. The van der Waals surface area contributed by atoms with E-state index in [1.54, 1.807) is 17.4 Å². The Morgan fingerprint density at radius 1 is 1.28 bits per heavy atom. The Balaban J connectivity index is 1.80. The number of hydrogen-bond acceptors (Lipinski definition) is 7. The number of rotatable bonds is 3. The van der Waals surface area contributed by atoms with Gasteiger partial charge in [0.05, 0.1) is 21.6 Å². The van der Waals surface area contributed by atoms with E-state index >= 15 is 0 Å². The van der Waals surface area contributed by atoms with Gasteiger partial charge in [0.2, 0.25) is 0 Å². The number of nitriles is 1. The van der Waals surface area contributed by atoms with Crippen molar-refractivity contribution in [2.45, 2.75) is 25.7 Å². The molecule has 8 heteroatoms. The van der Waals surface area contributed by atoms with Crippen LogP contribution in [0.5, 0.6) is 0 Å². The highest BCUT2D eigenvalue weighted by molar-refractivity contribution is 7.19. The van der Waals surface area contributed by atoms with Gasteiger partial charge in [-0.15, -0.1) is 11.3 Å². The molecule has 3 aromatic rings. The summed E-state index contributed by atoms with van der Waals surface area (Å²) < 4.78 is 0. The predicted molar refractivity (Wildman–Crippen MR) is 95.2 cm³/mol. The molecule has 0 bridgehead atoms. The van der Waals surface area contributed by atoms with Crippen molar-refractivity contribution in [3.8, 4) is 6.07 Å². The van der Waals surface area contributed by atoms with E-state index in [1.165, 1.54) is 35.3 Å². The molecule has 0 radical (unpaired) electrons. The first-order valence-corrected chi connectivity index (χ1v) is 8.70. The molecule has 1 aromatic carbocycles. The van der Waals surface area contributed by atoms with Crippen LogP contribution in [0, 0.1) is 21.4 Å². The van der Waals surface area contributed by atoms with Gasteiger partial charge in [0, 0.05) is 17.0 Å². The summed E-state index contributed by atoms with van der Waals surface area (Å²) in [5.74, 6) is 0.648. The smallest absolute Gasteiger partial charge is 0.270 e. The quantitative estimate of drug-likeness (QED) is 0.563. The van der Waals surface area contributed by atoms with Gasteiger partial charge < -0.3 is 5.32 Å². The fourth-order valence-corrected chi connectivity index (χ4v) is 4.39. The van der Waals surface area contributed by atoms with Crippen molar-refractivity contribution in [3.63, 3.8) is 0 Å². The minimum absolute atomic E-state index is 0.108. The van der Waals surface area contributed by atoms with Crippen LogP contribution in [0.15, 0.2) is 24.5 Å². The molecule has 4 rings (SSSR count). The lowest BCUT2D eigenvalue weighted by Gasteiger charge is -2.13. The van der Waals surface area contributed by atoms with Crippen molar-refractivity contribution in [1.82, 2.24) is 9.97 Å². The number of nitro benzene ring substituents is 1. The van der Waals surface area contributed by atoms with E-state index in [0.29, 0.717) is 11.5 Å². The number of aryl methyl sites for hydroxylation is 2. The van der Waals surface area contributed by atoms with Gasteiger partial charge in [0.25, 0.3) is 5.69 Å². The molecule has 1 aliphatic carbocycles. The van der Waals surface area contributed by atoms with E-state index < -0.39 is 4.92 Å². The molecule has 2 aromatic heterocycles. The summed E-state index contributed by atoms with van der Waals surface area (Å²) >= 11 is 1.70. The van der Waals surface area contributed by atoms with Crippen LogP contribution in [0.2, 0.25) is 0 Å². The van der Waals surface area contributed by atoms with Gasteiger partial charge >= 0.3 is 0 Å². The lowest BCUT2D eigenvalue weighted by Crippen LogP contribution is -2.02. The standard InChI is InChI=1S/C17H13N5O2S/c18-8-10-7-11(22(23)24)5-6-13(10)21-16-15-12-3-1-2-4-14(12)25-17(15)20-9-19-16/h5-7,9H,1-4H2,(H,19,20,21). The van der Waals surface area contributed by atoms with Crippen LogP contribution in [-0.2, 0) is 12.8 Å². The predicted octanol–water partition coefficient (Wildman–Crippen LogP) is 4.09. The van der Waals surface area contributed by atoms with Crippen LogP contribution >= 0.6 is 11.3 Å². The maximum absolute atomic E-state index is 10.9. The zero-order valence-corrected chi connectivity index (χ0v) is 14.0. The van der Waals surface area contributed by atoms with Gasteiger partial charge in [-0.2, -0.15) is 5.26 Å². The summed E-state index contributed by atoms with van der Waals surface area (Å²) in [6, 6.07) is 6.20. The minimum atomic E-state index is -0.511. The van der Waals surface area contributed by atoms with Crippen LogP contribution in [0.25, 0.3) is 10.2 Å². The number of nitrogens with one attached hydrogen (secondary N) is 1. The monoisotopic (exact) mass is 351 g/mol. The molecule has 0 saturated carbocycles. The number of thiophene rings is 1. The van der Waals surface area contributed by atoms with Gasteiger partial charge in [-0.25, -0.2) is 9.97 Å². The fraction of sp³-hybridized carbons (Fsp3) is 0.235. The number of nitro groups is 1. The van der Waals surface area contributed by atoms with E-state index in [1.807, 2.05) is 6.07 Å². The minimum Gasteiger partial charge on any atom is -0.338 e. The van der Waals surface area contributed by atoms with Crippen molar-refractivity contribution < 1.29 is 4.92 Å². The fourth-order valence-electron chi connectivity index (χ4n) is 3.16. The summed E-state index contributed by atoms with van der Waals surface area (Å²) in [6.45, 7) is 0. The molecule has 25 heavy (non-hydrogen) atoms. The van der Waals surface area contributed by atoms with Crippen molar-refractivity contribution in [1.29, 1.82) is 5.26 Å². The van der Waals surface area contributed by atoms with Crippen LogP contribution < -0.4 is 5.32 Å². The average Bonchev–Trinajstić information content (AvgIpc) is 3.01. The molecule has 1 N–H and O–H groups in total. The maximum Gasteiger partial charge on any atom is 0.270 e. The molecule has 1 aliphatic rings. The molecule has 7 nitrogen and oxygen atoms in total. The van der Waals surface area contributed by atoms with Crippen LogP contribution in [-0.4, -0.2) is 14.9 Å². The lowest BCUT2D eigenvalue weighted by atomic mass is 9.97. The zero-order valence-electron chi connectivity index (χ0n) is 13.2. The van der Waals surface area contributed by atoms with Crippen LogP contribution in [0.4, 0.5) is 17.2 Å². The second-order valence-corrected chi connectivity index (χ2v) is 6.92. The number of non-ortho nitro benzene ring substituents is 1. The molecular weight excluding hydrogens is 338 g/mol. The Morgan fingerprint density at radius 2 is 2.12 bits per heavy atom. The summed E-state index contributed by atoms with van der Waals surface area (Å²) in [5, 5.41) is 24.4. The third-order valence-corrected chi connectivity index (χ3v) is 5.54. The van der Waals surface area contributed by atoms with Gasteiger partial charge in [-0.1, -0.05) is 0 Å². The number of hydrogen-bond donors (Lipinski definition) is 1. The summed E-state index contributed by atoms with van der Waals surface area (Å²) in [6.07, 6.45) is 5.91. The number of nitrogens with zero attached hydrogens (tertiary/aromatic N) is 4. The maximum atomic E-state index is 10.9. The molecule has 0 aliphatic heterocycles. The van der Waals surface area contributed by atoms with Gasteiger partial charge in [-0.05, 0) is 37.3 Å². The van der Waals surface area contributed by atoms with E-state index in [-0.39, 0.29) is 11.3 Å². The average molecular weight is 351 g/mol. The summed E-state index contributed by atoms with van der Waals surface area (Å²) in [7, 11) is 0. The van der Waals surface area contributed by atoms with Crippen LogP contribution in [0.3, 0.4) is 0 Å². The third kappa shape index (κ3) is 2.68. The summed E-state index contributed by atoms with van der Waals surface area (Å²) in [5.41, 5.74) is 1.89. The Hall–Kier alpha value is -3.05. The SMILES string of the molecule is N#Cc1cc([N+](=O)[O-])ccc1Nc1ncnc2sc3c(c12)CCCC3. The molecule has 2 heterocycles. The molecule has 124 valence electrons. The molecule has 0 spiro atoms. The highest BCUT2D eigenvalue weighted by atomic mass is 32.1. The second-order valence-electron chi connectivity index (χ2n) is 5.84. The zero-order chi connectivity index (χ0) is 17.4. The molecule has 0 unspecified atom stereocenters. The topological polar surface area (TPSA) is 105 Å². The van der Waals surface area contributed by atoms with Gasteiger partial charge in [-0.3, -0.25) is 10.1 Å². The molecule has 0 saturated heterocycles. The van der Waals surface area contributed by atoms with Crippen molar-refractivity contribution in [2.24, 2.45) is 0 Å². The Morgan fingerprint density at radius 3 is 2.92 bits per heavy atom. The first-order chi connectivity index (χ1) is 12.2. The number of fused-ring (bicyclic) bond motifs is 3. The summed E-state index contributed by atoms with van der Waals surface area (Å²) in [4.78, 5) is 21.4. The van der Waals surface area contributed by atoms with Crippen molar-refractivity contribution in [2.75, 3.05) is 5.32 Å². The molecular formula is C17H13N5O2S. The number of benzene rings is 1. The molecule has 0 fully saturated rings. The number of aromatic nitrogens is 2. The van der Waals surface area contributed by atoms with E-state index in [2.05, 4.69) is 15.3 Å². The van der Waals surface area contributed by atoms with E-state index in [9.17, 15) is 15.4 Å². The normalized spacial score (nSPS) is 13.2. The third-order valence-electron chi connectivity index (χ3n) is 4.34. The highest BCUT2D eigenvalue weighted by Gasteiger charge is 2.20. The lowest BCUT2D eigenvalue weighted by molar-refractivity contribution is -0.384. The first kappa shape index (κ1) is 15.5. The second kappa shape index (κ2) is 6.11. The highest BCUT2D eigenvalue weighted by Crippen LogP contribution is 2.39. The van der Waals surface area contributed by atoms with Crippen molar-refractivity contribution >= 4 is 38.7 Å². The molecule has 0 amide bonds. The van der Waals surface area contributed by atoms with E-state index in [4.69, 9.17) is 0 Å².